The molecular formula is C19H13ClFN3OS. The van der Waals surface area contributed by atoms with E-state index in [0.717, 1.165) is 16.2 Å². The highest BCUT2D eigenvalue weighted by molar-refractivity contribution is 7.15. The van der Waals surface area contributed by atoms with Crippen LogP contribution < -0.4 is 5.32 Å². The van der Waals surface area contributed by atoms with Gasteiger partial charge in [0, 0.05) is 22.8 Å². The van der Waals surface area contributed by atoms with Gasteiger partial charge in [-0.3, -0.25) is 9.20 Å². The lowest BCUT2D eigenvalue weighted by Crippen LogP contribution is -2.13. The van der Waals surface area contributed by atoms with Crippen LogP contribution in [0.5, 0.6) is 0 Å². The summed E-state index contributed by atoms with van der Waals surface area (Å²) >= 11 is 7.14. The smallest absolute Gasteiger partial charge is 0.273 e. The summed E-state index contributed by atoms with van der Waals surface area (Å²) in [5.74, 6) is -0.841. The minimum absolute atomic E-state index is 0.0393. The molecule has 0 aliphatic heterocycles. The topological polar surface area (TPSA) is 46.4 Å². The summed E-state index contributed by atoms with van der Waals surface area (Å²) in [5, 5.41) is 4.43. The zero-order valence-corrected chi connectivity index (χ0v) is 15.2. The number of benzene rings is 2. The highest BCUT2D eigenvalue weighted by Gasteiger charge is 2.16. The van der Waals surface area contributed by atoms with Gasteiger partial charge in [-0.1, -0.05) is 41.4 Å². The lowest BCUT2D eigenvalue weighted by molar-refractivity contribution is 0.102. The average Bonchev–Trinajstić information content (AvgIpc) is 3.19. The Hall–Kier alpha value is -2.70. The molecule has 0 atom stereocenters. The van der Waals surface area contributed by atoms with Crippen LogP contribution in [0.15, 0.2) is 54.0 Å². The fourth-order valence-corrected chi connectivity index (χ4v) is 3.61. The molecule has 0 radical (unpaired) electrons. The molecule has 4 rings (SSSR count). The second kappa shape index (κ2) is 6.55. The molecular weight excluding hydrogens is 373 g/mol. The molecule has 130 valence electrons. The Morgan fingerprint density at radius 2 is 2.00 bits per heavy atom. The van der Waals surface area contributed by atoms with E-state index in [4.69, 9.17) is 11.6 Å². The number of amides is 1. The van der Waals surface area contributed by atoms with E-state index in [0.29, 0.717) is 11.4 Å². The van der Waals surface area contributed by atoms with Crippen molar-refractivity contribution >= 4 is 39.5 Å². The van der Waals surface area contributed by atoms with E-state index >= 15 is 0 Å². The number of nitrogens with zero attached hydrogens (tertiary/aromatic N) is 2. The first-order valence-electron chi connectivity index (χ1n) is 7.81. The SMILES string of the molecule is Cc1ccc(-c2cn3c(C(=O)Nc4ccc(F)c(Cl)c4)csc3n2)cc1. The Kier molecular flexibility index (Phi) is 4.22. The standard InChI is InChI=1S/C19H13ClFN3OS/c1-11-2-4-12(5-3-11)16-9-24-17(10-26-19(24)23-16)18(25)22-13-6-7-15(21)14(20)8-13/h2-10H,1H3,(H,22,25). The van der Waals surface area contributed by atoms with E-state index in [2.05, 4.69) is 10.3 Å². The van der Waals surface area contributed by atoms with Crippen molar-refractivity contribution in [2.24, 2.45) is 0 Å². The van der Waals surface area contributed by atoms with Gasteiger partial charge in [0.15, 0.2) is 4.96 Å². The van der Waals surface area contributed by atoms with Gasteiger partial charge < -0.3 is 5.32 Å². The maximum absolute atomic E-state index is 13.3. The number of hydrogen-bond donors (Lipinski definition) is 1. The van der Waals surface area contributed by atoms with E-state index in [-0.39, 0.29) is 10.9 Å². The quantitative estimate of drug-likeness (QED) is 0.512. The van der Waals surface area contributed by atoms with Gasteiger partial charge in [-0.15, -0.1) is 11.3 Å². The van der Waals surface area contributed by atoms with Gasteiger partial charge in [0.1, 0.15) is 11.5 Å². The summed E-state index contributed by atoms with van der Waals surface area (Å²) in [5.41, 5.74) is 3.85. The normalized spacial score (nSPS) is 11.0. The summed E-state index contributed by atoms with van der Waals surface area (Å²) in [4.78, 5) is 17.9. The Balaban J connectivity index is 1.64. The highest BCUT2D eigenvalue weighted by atomic mass is 35.5. The minimum Gasteiger partial charge on any atom is -0.321 e. The fraction of sp³-hybridized carbons (Fsp3) is 0.0526. The molecule has 26 heavy (non-hydrogen) atoms. The Morgan fingerprint density at radius 3 is 2.73 bits per heavy atom. The van der Waals surface area contributed by atoms with Crippen LogP contribution in [0.4, 0.5) is 10.1 Å². The molecule has 4 nitrogen and oxygen atoms in total. The molecule has 2 aromatic heterocycles. The molecule has 2 heterocycles. The van der Waals surface area contributed by atoms with Gasteiger partial charge in [0.2, 0.25) is 0 Å². The number of aryl methyl sites for hydroxylation is 1. The summed E-state index contributed by atoms with van der Waals surface area (Å²) in [6.45, 7) is 2.03. The van der Waals surface area contributed by atoms with Crippen molar-refractivity contribution in [3.8, 4) is 11.3 Å². The van der Waals surface area contributed by atoms with Gasteiger partial charge in [-0.05, 0) is 25.1 Å². The fourth-order valence-electron chi connectivity index (χ4n) is 2.58. The lowest BCUT2D eigenvalue weighted by Gasteiger charge is -2.05. The minimum atomic E-state index is -0.528. The molecule has 2 aromatic carbocycles. The monoisotopic (exact) mass is 385 g/mol. The van der Waals surface area contributed by atoms with E-state index in [1.165, 1.54) is 35.1 Å². The van der Waals surface area contributed by atoms with Crippen molar-refractivity contribution in [1.82, 2.24) is 9.38 Å². The summed E-state index contributed by atoms with van der Waals surface area (Å²) < 4.78 is 15.0. The van der Waals surface area contributed by atoms with Gasteiger partial charge in [-0.25, -0.2) is 9.37 Å². The van der Waals surface area contributed by atoms with E-state index in [1.54, 1.807) is 9.78 Å². The number of imidazole rings is 1. The number of fused-ring (bicyclic) bond motifs is 1. The zero-order chi connectivity index (χ0) is 18.3. The zero-order valence-electron chi connectivity index (χ0n) is 13.7. The van der Waals surface area contributed by atoms with Gasteiger partial charge in [-0.2, -0.15) is 0 Å². The number of aromatic nitrogens is 2. The number of nitrogens with one attached hydrogen (secondary N) is 1. The third-order valence-electron chi connectivity index (χ3n) is 3.97. The highest BCUT2D eigenvalue weighted by Crippen LogP contribution is 2.25. The second-order valence-electron chi connectivity index (χ2n) is 5.85. The second-order valence-corrected chi connectivity index (χ2v) is 7.09. The van der Waals surface area contributed by atoms with Crippen LogP contribution in [0, 0.1) is 12.7 Å². The van der Waals surface area contributed by atoms with Crippen LogP contribution in [0.25, 0.3) is 16.2 Å². The van der Waals surface area contributed by atoms with Crippen molar-refractivity contribution < 1.29 is 9.18 Å². The van der Waals surface area contributed by atoms with Gasteiger partial charge in [0.05, 0.1) is 10.7 Å². The maximum atomic E-state index is 13.3. The molecule has 0 saturated heterocycles. The predicted octanol–water partition coefficient (Wildman–Crippen LogP) is 5.42. The molecule has 0 spiro atoms. The molecule has 0 fully saturated rings. The van der Waals surface area contributed by atoms with Crippen LogP contribution in [0.1, 0.15) is 16.1 Å². The van der Waals surface area contributed by atoms with Crippen molar-refractivity contribution in [1.29, 1.82) is 0 Å². The summed E-state index contributed by atoms with van der Waals surface area (Å²) in [6.07, 6.45) is 1.84. The first kappa shape index (κ1) is 16.8. The molecule has 7 heteroatoms. The lowest BCUT2D eigenvalue weighted by atomic mass is 10.1. The average molecular weight is 386 g/mol. The Bertz CT molecular complexity index is 1120. The van der Waals surface area contributed by atoms with Crippen molar-refractivity contribution in [3.05, 3.63) is 76.1 Å². The number of carbonyl (C=O) groups is 1. The molecule has 1 N–H and O–H groups in total. The molecule has 0 unspecified atom stereocenters. The van der Waals surface area contributed by atoms with Crippen LogP contribution >= 0.6 is 22.9 Å². The Labute approximate surface area is 157 Å². The van der Waals surface area contributed by atoms with Gasteiger partial charge in [0.25, 0.3) is 5.91 Å². The number of carbonyl (C=O) groups excluding carboxylic acids is 1. The molecule has 0 aliphatic rings. The third-order valence-corrected chi connectivity index (χ3v) is 5.10. The molecule has 0 saturated carbocycles. The third kappa shape index (κ3) is 3.09. The summed E-state index contributed by atoms with van der Waals surface area (Å²) in [7, 11) is 0. The maximum Gasteiger partial charge on any atom is 0.273 e. The molecule has 4 aromatic rings. The first-order chi connectivity index (χ1) is 12.5. The first-order valence-corrected chi connectivity index (χ1v) is 9.07. The van der Waals surface area contributed by atoms with Crippen LogP contribution in [-0.4, -0.2) is 15.3 Å². The van der Waals surface area contributed by atoms with Crippen molar-refractivity contribution in [2.45, 2.75) is 6.92 Å². The van der Waals surface area contributed by atoms with E-state index in [1.807, 2.05) is 37.4 Å². The van der Waals surface area contributed by atoms with Crippen molar-refractivity contribution in [2.75, 3.05) is 5.32 Å². The largest absolute Gasteiger partial charge is 0.321 e. The molecule has 0 aliphatic carbocycles. The van der Waals surface area contributed by atoms with Gasteiger partial charge >= 0.3 is 0 Å². The van der Waals surface area contributed by atoms with E-state index in [9.17, 15) is 9.18 Å². The van der Waals surface area contributed by atoms with Crippen molar-refractivity contribution in [3.63, 3.8) is 0 Å². The summed E-state index contributed by atoms with van der Waals surface area (Å²) in [6, 6.07) is 12.1. The number of anilines is 1. The number of hydrogen-bond acceptors (Lipinski definition) is 3. The molecule has 1 amide bonds. The Morgan fingerprint density at radius 1 is 1.23 bits per heavy atom. The number of rotatable bonds is 3. The van der Waals surface area contributed by atoms with Crippen LogP contribution in [-0.2, 0) is 0 Å². The number of halogens is 2. The van der Waals surface area contributed by atoms with Crippen LogP contribution in [0.2, 0.25) is 5.02 Å². The molecule has 0 bridgehead atoms. The number of thiazole rings is 1. The van der Waals surface area contributed by atoms with Crippen LogP contribution in [0.3, 0.4) is 0 Å². The predicted molar refractivity (Wildman–Crippen MR) is 103 cm³/mol. The van der Waals surface area contributed by atoms with E-state index < -0.39 is 5.82 Å².